The van der Waals surface area contributed by atoms with Gasteiger partial charge in [0.2, 0.25) is 0 Å². The van der Waals surface area contributed by atoms with Gasteiger partial charge in [-0.1, -0.05) is 292 Å². The number of fused-ring (bicyclic) bond motifs is 10. The molecule has 4 heteroatoms. The van der Waals surface area contributed by atoms with E-state index in [1.54, 1.807) is 12.1 Å². The van der Waals surface area contributed by atoms with Gasteiger partial charge in [-0.15, -0.1) is 0 Å². The number of hydrogen-bond acceptors (Lipinski definition) is 2. The van der Waals surface area contributed by atoms with Crippen LogP contribution in [0.25, 0.3) is 83.1 Å². The van der Waals surface area contributed by atoms with Crippen LogP contribution in [0.3, 0.4) is 0 Å². The van der Waals surface area contributed by atoms with Gasteiger partial charge in [0.25, 0.3) is 6.71 Å². The zero-order valence-electron chi connectivity index (χ0n) is 69.4. The second kappa shape index (κ2) is 21.7. The molecular formula is C91H75BN2O. The third-order valence-electron chi connectivity index (χ3n) is 19.8. The van der Waals surface area contributed by atoms with E-state index in [0.29, 0.717) is 67.1 Å². The van der Waals surface area contributed by atoms with E-state index in [1.165, 1.54) is 11.1 Å². The summed E-state index contributed by atoms with van der Waals surface area (Å²) in [6.07, 6.45) is 0. The van der Waals surface area contributed by atoms with Crippen LogP contribution in [-0.4, -0.2) is 11.3 Å². The van der Waals surface area contributed by atoms with Gasteiger partial charge in [-0.05, 0) is 171 Å². The van der Waals surface area contributed by atoms with Crippen LogP contribution >= 0.6 is 0 Å². The summed E-state index contributed by atoms with van der Waals surface area (Å²) in [5.41, 5.74) is 13.7. The van der Waals surface area contributed by atoms with Crippen molar-refractivity contribution in [1.82, 2.24) is 4.57 Å². The average molecular weight is 1240 g/mol. The molecule has 2 aliphatic heterocycles. The zero-order valence-corrected chi connectivity index (χ0v) is 54.4. The van der Waals surface area contributed by atoms with Crippen LogP contribution in [0, 0.1) is 0 Å². The molecule has 14 aromatic rings. The molecule has 95 heavy (non-hydrogen) atoms. The summed E-state index contributed by atoms with van der Waals surface area (Å²) in [6.45, 7) is 19.2. The molecule has 0 saturated carbocycles. The third-order valence-corrected chi connectivity index (χ3v) is 19.8. The lowest BCUT2D eigenvalue weighted by Crippen LogP contribution is -2.59. The summed E-state index contributed by atoms with van der Waals surface area (Å²) in [7, 11) is 0. The molecule has 13 aromatic carbocycles. The molecule has 0 fully saturated rings. The van der Waals surface area contributed by atoms with E-state index in [9.17, 15) is 13.7 Å². The van der Waals surface area contributed by atoms with E-state index in [4.69, 9.17) is 11.6 Å². The fraction of sp³-hybridized carbons (Fsp3) is 0.143. The molecule has 1 aromatic heterocycles. The average Bonchev–Trinajstić information content (AvgIpc) is 1.44. The first-order valence-electron chi connectivity index (χ1n) is 40.0. The Hall–Kier alpha value is -10.7. The Morgan fingerprint density at radius 2 is 0.905 bits per heavy atom. The van der Waals surface area contributed by atoms with Crippen LogP contribution in [0.4, 0.5) is 17.1 Å². The van der Waals surface area contributed by atoms with E-state index in [-0.39, 0.29) is 45.0 Å². The molecule has 0 saturated heterocycles. The van der Waals surface area contributed by atoms with Gasteiger partial charge in [-0.2, -0.15) is 0 Å². The van der Waals surface area contributed by atoms with Gasteiger partial charge in [0.1, 0.15) is 11.5 Å². The van der Waals surface area contributed by atoms with Gasteiger partial charge in [-0.3, -0.25) is 0 Å². The molecule has 0 radical (unpaired) electrons. The fourth-order valence-electron chi connectivity index (χ4n) is 15.2. The molecule has 458 valence electrons. The van der Waals surface area contributed by atoms with Crippen molar-refractivity contribution in [3.63, 3.8) is 0 Å². The SMILES string of the molecule is [2H]c1c([2H])c([2H])c(-c2ccc3c(c2)B2c4cc(-c5cccc6c5C(c5c([2H])c([2H])c([2H])c([2H])c5[2H])(c5c([2H])c([2H])c([2H])c([2H])c5[2H])c5ccccc5-6)ccc4Oc4cc(-n5c6ccc(C(C)(C)C)cc6c6cc(C(C)(C)C)ccc65)cc(c42)N3c2c(-c3ccccc3)cc(C(C)(C)C)cc2-c2ccccc2)c([2H])c1[2H]. The van der Waals surface area contributed by atoms with Crippen LogP contribution in [-0.2, 0) is 21.7 Å². The van der Waals surface area contributed by atoms with Crippen molar-refractivity contribution < 1.29 is 25.3 Å². The molecule has 0 N–H and O–H groups in total. The Balaban J connectivity index is 1.03. The van der Waals surface area contributed by atoms with Crippen molar-refractivity contribution in [3.05, 3.63) is 330 Å². The minimum atomic E-state index is -2.19. The second-order valence-corrected chi connectivity index (χ2v) is 28.5. The highest BCUT2D eigenvalue weighted by atomic mass is 16.5. The summed E-state index contributed by atoms with van der Waals surface area (Å²) in [4.78, 5) is 2.33. The number of anilines is 3. The fourth-order valence-corrected chi connectivity index (χ4v) is 15.2. The normalized spacial score (nSPS) is 15.9. The zero-order chi connectivity index (χ0) is 77.8. The second-order valence-electron chi connectivity index (χ2n) is 28.5. The number of benzene rings is 13. The highest BCUT2D eigenvalue weighted by Gasteiger charge is 2.49. The summed E-state index contributed by atoms with van der Waals surface area (Å²) >= 11 is 0. The Kier molecular flexibility index (Phi) is 10.1. The maximum absolute atomic E-state index is 9.94. The van der Waals surface area contributed by atoms with Crippen molar-refractivity contribution >= 4 is 62.0 Å². The van der Waals surface area contributed by atoms with Crippen molar-refractivity contribution in [1.29, 1.82) is 0 Å². The van der Waals surface area contributed by atoms with Crippen LogP contribution < -0.4 is 26.0 Å². The predicted molar refractivity (Wildman–Crippen MR) is 402 cm³/mol. The number of hydrogen-bond donors (Lipinski definition) is 0. The predicted octanol–water partition coefficient (Wildman–Crippen LogP) is 22.1. The monoisotopic (exact) mass is 1240 g/mol. The standard InChI is InChI=1S/C91H75BN2O/c1-88(2,3)65-44-47-79-74(52-65)75-53-66(89(4,5)6)45-48-80(75)93(79)68-56-82-86-84(57-68)95-83-49-43-62(69-39-27-40-71-70-38-25-26-41-76(70)91(85(69)71,63-34-21-13-22-35-63)64-36-23-14-24-37-64)51-78(83)92(86)77-50-61(58-28-15-10-16-29-58)42-46-81(77)94(82)87-72(59-30-17-11-18-31-59)54-67(90(7,8)9)55-73(87)60-32-19-12-20-33-60/h10-57H,1-9H3/i10D,13D,14D,15D,16D,21D,22D,23D,24D,28D,29D,34D,35D,36D,37D. The van der Waals surface area contributed by atoms with E-state index < -0.39 is 90.7 Å². The molecule has 3 aliphatic rings. The van der Waals surface area contributed by atoms with Gasteiger partial charge in [0.15, 0.2) is 0 Å². The van der Waals surface area contributed by atoms with E-state index in [2.05, 4.69) is 157 Å². The first-order valence-corrected chi connectivity index (χ1v) is 32.5. The van der Waals surface area contributed by atoms with Gasteiger partial charge in [0.05, 0.1) is 48.4 Å². The van der Waals surface area contributed by atoms with Crippen molar-refractivity contribution in [2.45, 2.75) is 84.0 Å². The maximum Gasteiger partial charge on any atom is 0.256 e. The molecule has 1 aliphatic carbocycles. The Labute approximate surface area is 580 Å². The lowest BCUT2D eigenvalue weighted by atomic mass is 9.34. The smallest absolute Gasteiger partial charge is 0.256 e. The molecule has 0 spiro atoms. The summed E-state index contributed by atoms with van der Waals surface area (Å²) in [5, 5.41) is 2.16. The number of nitrogens with zero attached hydrogens (tertiary/aromatic N) is 2. The molecular weight excluding hydrogens is 1150 g/mol. The van der Waals surface area contributed by atoms with Crippen molar-refractivity contribution in [3.8, 4) is 72.8 Å². The lowest BCUT2D eigenvalue weighted by Gasteiger charge is -2.42. The Morgan fingerprint density at radius 1 is 0.379 bits per heavy atom. The molecule has 0 bridgehead atoms. The molecule has 3 nitrogen and oxygen atoms in total. The highest BCUT2D eigenvalue weighted by Crippen LogP contribution is 2.59. The van der Waals surface area contributed by atoms with E-state index in [1.807, 2.05) is 103 Å². The molecule has 0 amide bonds. The number of aromatic nitrogens is 1. The molecule has 17 rings (SSSR count). The van der Waals surface area contributed by atoms with Crippen LogP contribution in [0.2, 0.25) is 0 Å². The number of ether oxygens (including phenoxy) is 1. The first-order chi connectivity index (χ1) is 52.2. The van der Waals surface area contributed by atoms with E-state index >= 15 is 0 Å². The summed E-state index contributed by atoms with van der Waals surface area (Å²) < 4.78 is 151. The van der Waals surface area contributed by atoms with Gasteiger partial charge >= 0.3 is 0 Å². The highest BCUT2D eigenvalue weighted by molar-refractivity contribution is 6.99. The first kappa shape index (κ1) is 44.0. The van der Waals surface area contributed by atoms with Crippen LogP contribution in [0.1, 0.15) is 122 Å². The maximum atomic E-state index is 9.94. The van der Waals surface area contributed by atoms with Gasteiger partial charge in [-0.25, -0.2) is 0 Å². The van der Waals surface area contributed by atoms with Crippen molar-refractivity contribution in [2.75, 3.05) is 4.90 Å². The molecule has 3 heterocycles. The topological polar surface area (TPSA) is 17.4 Å². The minimum absolute atomic E-state index is 0.00360. The lowest BCUT2D eigenvalue weighted by molar-refractivity contribution is 0.487. The quantitative estimate of drug-likeness (QED) is 0.141. The molecule has 0 unspecified atom stereocenters. The number of rotatable bonds is 8. The molecule has 0 atom stereocenters. The Morgan fingerprint density at radius 3 is 1.49 bits per heavy atom. The van der Waals surface area contributed by atoms with E-state index in [0.717, 1.165) is 72.1 Å². The van der Waals surface area contributed by atoms with Crippen LogP contribution in [0.15, 0.2) is 291 Å². The van der Waals surface area contributed by atoms with Gasteiger partial charge in [0, 0.05) is 39.3 Å². The van der Waals surface area contributed by atoms with Crippen molar-refractivity contribution in [2.24, 2.45) is 0 Å². The van der Waals surface area contributed by atoms with Crippen LogP contribution in [0.5, 0.6) is 11.5 Å². The minimum Gasteiger partial charge on any atom is -0.458 e. The third kappa shape index (κ3) is 9.23. The van der Waals surface area contributed by atoms with Gasteiger partial charge < -0.3 is 14.2 Å². The summed E-state index contributed by atoms with van der Waals surface area (Å²) in [6, 6.07) is 58.6. The Bertz CT molecular complexity index is 6060. The summed E-state index contributed by atoms with van der Waals surface area (Å²) in [5.74, 6) is 0.946. The largest absolute Gasteiger partial charge is 0.458 e.